The fourth-order valence-corrected chi connectivity index (χ4v) is 2.02. The Labute approximate surface area is 86.4 Å². The van der Waals surface area contributed by atoms with Gasteiger partial charge in [0.2, 0.25) is 0 Å². The van der Waals surface area contributed by atoms with E-state index in [-0.39, 0.29) is 6.04 Å². The van der Waals surface area contributed by atoms with E-state index in [1.807, 2.05) is 12.2 Å². The molecule has 11 heavy (non-hydrogen) atoms. The van der Waals surface area contributed by atoms with Gasteiger partial charge in [-0.15, -0.1) is 5.11 Å². The highest BCUT2D eigenvalue weighted by Gasteiger charge is 2.20. The summed E-state index contributed by atoms with van der Waals surface area (Å²) in [6, 6.07) is 0.170. The van der Waals surface area contributed by atoms with Crippen molar-refractivity contribution in [2.24, 2.45) is 10.2 Å². The average Bonchev–Trinajstić information content (AvgIpc) is 2.33. The van der Waals surface area contributed by atoms with Crippen LogP contribution in [0, 0.1) is 0 Å². The van der Waals surface area contributed by atoms with Gasteiger partial charge in [-0.25, -0.2) is 0 Å². The van der Waals surface area contributed by atoms with Gasteiger partial charge in [-0.1, -0.05) is 22.0 Å². The molecule has 0 bridgehead atoms. The number of azo groups is 1. The maximum Gasteiger partial charge on any atom is 0.129 e. The summed E-state index contributed by atoms with van der Waals surface area (Å²) in [5.41, 5.74) is 1.19. The summed E-state index contributed by atoms with van der Waals surface area (Å²) >= 11 is 5.60. The van der Waals surface area contributed by atoms with Crippen molar-refractivity contribution in [3.05, 3.63) is 32.0 Å². The van der Waals surface area contributed by atoms with Crippen LogP contribution < -0.4 is 0 Å². The fourth-order valence-electron chi connectivity index (χ4n) is 1.02. The zero-order valence-electron chi connectivity index (χ0n) is 5.46. The molecule has 4 heteroatoms. The maximum absolute atomic E-state index is 4.06. The van der Waals surface area contributed by atoms with E-state index in [1.165, 1.54) is 5.57 Å². The van der Waals surface area contributed by atoms with E-state index in [4.69, 9.17) is 0 Å². The second-order valence-corrected chi connectivity index (χ2v) is 4.23. The predicted octanol–water partition coefficient (Wildman–Crippen LogP) is 3.32. The van der Waals surface area contributed by atoms with Crippen molar-refractivity contribution in [2.75, 3.05) is 0 Å². The van der Waals surface area contributed by atoms with Gasteiger partial charge >= 0.3 is 0 Å². The number of hydrogen-bond donors (Lipinski definition) is 0. The lowest BCUT2D eigenvalue weighted by molar-refractivity contribution is 0.944. The van der Waals surface area contributed by atoms with E-state index in [1.54, 1.807) is 0 Å². The molecule has 0 unspecified atom stereocenters. The van der Waals surface area contributed by atoms with Gasteiger partial charge in [0.05, 0.1) is 0 Å². The van der Waals surface area contributed by atoms with Crippen molar-refractivity contribution in [2.45, 2.75) is 6.04 Å². The first kappa shape index (κ1) is 7.67. The molecule has 0 fully saturated rings. The summed E-state index contributed by atoms with van der Waals surface area (Å²) in [6.45, 7) is 0. The molecule has 1 aliphatic carbocycles. The van der Waals surface area contributed by atoms with Crippen LogP contribution in [-0.4, -0.2) is 6.04 Å². The molecule has 0 aromatic rings. The van der Waals surface area contributed by atoms with E-state index in [0.29, 0.717) is 0 Å². The van der Waals surface area contributed by atoms with Crippen LogP contribution in [-0.2, 0) is 0 Å². The summed E-state index contributed by atoms with van der Waals surface area (Å²) in [5.74, 6) is 0. The van der Waals surface area contributed by atoms with Crippen LogP contribution in [0.1, 0.15) is 0 Å². The van der Waals surface area contributed by atoms with Crippen molar-refractivity contribution in [1.82, 2.24) is 0 Å². The average molecular weight is 323 g/mol. The molecule has 2 nitrogen and oxygen atoms in total. The molecule has 0 radical (unpaired) electrons. The minimum absolute atomic E-state index is 0.170. The molecule has 0 aromatic carbocycles. The van der Waals surface area contributed by atoms with Crippen LogP contribution in [0.3, 0.4) is 0 Å². The quantitative estimate of drug-likeness (QED) is 0.483. The number of allylic oxidation sites excluding steroid dienone is 2. The lowest BCUT2D eigenvalue weighted by Crippen LogP contribution is -2.02. The number of hydrogen-bond acceptors (Lipinski definition) is 2. The van der Waals surface area contributed by atoms with Gasteiger partial charge in [0.25, 0.3) is 0 Å². The standard InChI is InChI=1S/C7H4BrIN2/c8-4-1-2-6-5(3-4)7(9)11-10-6/h1-3,6H/t6-/m0/s1. The molecule has 0 spiro atoms. The summed E-state index contributed by atoms with van der Waals surface area (Å²) in [5, 5.41) is 8.05. The molecular weight excluding hydrogens is 319 g/mol. The highest BCUT2D eigenvalue weighted by molar-refractivity contribution is 14.1. The molecule has 1 heterocycles. The molecule has 0 saturated heterocycles. The summed E-state index contributed by atoms with van der Waals surface area (Å²) in [4.78, 5) is 0. The first-order valence-corrected chi connectivity index (χ1v) is 5.00. The van der Waals surface area contributed by atoms with Crippen LogP contribution in [0.5, 0.6) is 0 Å². The molecule has 0 N–H and O–H groups in total. The Morgan fingerprint density at radius 1 is 1.55 bits per heavy atom. The highest BCUT2D eigenvalue weighted by atomic mass is 127. The molecule has 0 saturated carbocycles. The topological polar surface area (TPSA) is 24.7 Å². The largest absolute Gasteiger partial charge is 0.176 e. The van der Waals surface area contributed by atoms with Crippen LogP contribution in [0.4, 0.5) is 0 Å². The minimum Gasteiger partial charge on any atom is -0.176 e. The van der Waals surface area contributed by atoms with Gasteiger partial charge in [0.15, 0.2) is 0 Å². The molecule has 1 aliphatic heterocycles. The number of rotatable bonds is 0. The third kappa shape index (κ3) is 1.33. The van der Waals surface area contributed by atoms with Gasteiger partial charge in [-0.05, 0) is 34.7 Å². The van der Waals surface area contributed by atoms with E-state index in [0.717, 1.165) is 8.19 Å². The monoisotopic (exact) mass is 322 g/mol. The Bertz CT molecular complexity index is 314. The molecule has 0 aromatic heterocycles. The Hall–Kier alpha value is 0.0300. The lowest BCUT2D eigenvalue weighted by Gasteiger charge is -2.07. The van der Waals surface area contributed by atoms with Crippen LogP contribution in [0.2, 0.25) is 0 Å². The van der Waals surface area contributed by atoms with Gasteiger partial charge in [0.1, 0.15) is 9.75 Å². The molecule has 1 atom stereocenters. The zero-order valence-corrected chi connectivity index (χ0v) is 9.20. The van der Waals surface area contributed by atoms with Gasteiger partial charge < -0.3 is 0 Å². The zero-order chi connectivity index (χ0) is 7.84. The first-order valence-electron chi connectivity index (χ1n) is 3.13. The third-order valence-electron chi connectivity index (χ3n) is 1.56. The fraction of sp³-hybridized carbons (Fsp3) is 0.143. The molecule has 56 valence electrons. The van der Waals surface area contributed by atoms with Crippen molar-refractivity contribution in [3.8, 4) is 0 Å². The second-order valence-electron chi connectivity index (χ2n) is 2.29. The number of nitrogens with zero attached hydrogens (tertiary/aromatic N) is 2. The van der Waals surface area contributed by atoms with E-state index >= 15 is 0 Å². The van der Waals surface area contributed by atoms with Crippen LogP contribution >= 0.6 is 38.5 Å². The Morgan fingerprint density at radius 2 is 2.36 bits per heavy atom. The van der Waals surface area contributed by atoms with E-state index in [2.05, 4.69) is 54.8 Å². The molecular formula is C7H4BrIN2. The molecule has 2 rings (SSSR count). The summed E-state index contributed by atoms with van der Waals surface area (Å²) in [7, 11) is 0. The summed E-state index contributed by atoms with van der Waals surface area (Å²) in [6.07, 6.45) is 6.10. The highest BCUT2D eigenvalue weighted by Crippen LogP contribution is 2.33. The Balaban J connectivity index is 2.46. The van der Waals surface area contributed by atoms with E-state index in [9.17, 15) is 0 Å². The number of fused-ring (bicyclic) bond motifs is 1. The summed E-state index contributed by atoms with van der Waals surface area (Å²) < 4.78 is 2.08. The Morgan fingerprint density at radius 3 is 3.18 bits per heavy atom. The molecule has 2 aliphatic rings. The predicted molar refractivity (Wildman–Crippen MR) is 55.8 cm³/mol. The van der Waals surface area contributed by atoms with Crippen molar-refractivity contribution in [3.63, 3.8) is 0 Å². The Kier molecular flexibility index (Phi) is 1.97. The van der Waals surface area contributed by atoms with Gasteiger partial charge in [-0.2, -0.15) is 5.11 Å². The minimum atomic E-state index is 0.170. The lowest BCUT2D eigenvalue weighted by atomic mass is 10.1. The molecule has 0 amide bonds. The van der Waals surface area contributed by atoms with Crippen LogP contribution in [0.15, 0.2) is 42.2 Å². The van der Waals surface area contributed by atoms with Crippen molar-refractivity contribution in [1.29, 1.82) is 0 Å². The van der Waals surface area contributed by atoms with Crippen LogP contribution in [0.25, 0.3) is 0 Å². The van der Waals surface area contributed by atoms with E-state index < -0.39 is 0 Å². The van der Waals surface area contributed by atoms with Crippen molar-refractivity contribution < 1.29 is 0 Å². The normalized spacial score (nSPS) is 27.5. The maximum atomic E-state index is 4.06. The second kappa shape index (κ2) is 2.82. The smallest absolute Gasteiger partial charge is 0.129 e. The van der Waals surface area contributed by atoms with Crippen molar-refractivity contribution >= 4 is 38.5 Å². The van der Waals surface area contributed by atoms with Gasteiger partial charge in [-0.3, -0.25) is 0 Å². The van der Waals surface area contributed by atoms with Gasteiger partial charge in [0, 0.05) is 10.1 Å². The third-order valence-corrected chi connectivity index (χ3v) is 2.89. The number of halogens is 2. The first-order chi connectivity index (χ1) is 5.27. The SMILES string of the molecule is BrC1=CC2=C(I)N=N[C@H]2C=C1.